The number of para-hydroxylation sites is 2. The number of ether oxygens (including phenoxy) is 2. The molecule has 0 fully saturated rings. The molecule has 0 aliphatic carbocycles. The number of methoxy groups -OCH3 is 2. The first-order chi connectivity index (χ1) is 21.8. The molecule has 1 N–H and O–H groups in total. The number of amidine groups is 2. The fourth-order valence-corrected chi connectivity index (χ4v) is 5.68. The zero-order chi connectivity index (χ0) is 31.3. The van der Waals surface area contributed by atoms with E-state index in [-0.39, 0.29) is 11.5 Å². The van der Waals surface area contributed by atoms with Crippen molar-refractivity contribution >= 4 is 34.6 Å². The monoisotopic (exact) mass is 609 g/mol. The van der Waals surface area contributed by atoms with Gasteiger partial charge in [-0.3, -0.25) is 0 Å². The highest BCUT2D eigenvalue weighted by atomic mass is 19.4. The molecule has 226 valence electrons. The smallest absolute Gasteiger partial charge is 0.416 e. The maximum absolute atomic E-state index is 13.6. The largest absolute Gasteiger partial charge is 0.493 e. The van der Waals surface area contributed by atoms with Crippen LogP contribution in [0.3, 0.4) is 0 Å². The minimum Gasteiger partial charge on any atom is -0.493 e. The van der Waals surface area contributed by atoms with E-state index in [9.17, 15) is 13.2 Å². The van der Waals surface area contributed by atoms with Gasteiger partial charge in [0.2, 0.25) is 0 Å². The van der Waals surface area contributed by atoms with Gasteiger partial charge in [-0.05, 0) is 67.1 Å². The molecule has 0 saturated heterocycles. The summed E-state index contributed by atoms with van der Waals surface area (Å²) in [7, 11) is 3.15. The van der Waals surface area contributed by atoms with E-state index < -0.39 is 17.8 Å². The Morgan fingerprint density at radius 1 is 0.844 bits per heavy atom. The lowest BCUT2D eigenvalue weighted by molar-refractivity contribution is -0.137. The summed E-state index contributed by atoms with van der Waals surface area (Å²) in [6.45, 7) is 1.91. The van der Waals surface area contributed by atoms with Gasteiger partial charge in [0, 0.05) is 17.4 Å². The second-order valence-corrected chi connectivity index (χ2v) is 10.4. The van der Waals surface area contributed by atoms with E-state index in [0.717, 1.165) is 34.6 Å². The number of anilines is 2. The number of aryl methyl sites for hydroxylation is 1. The number of alkyl halides is 3. The Bertz CT molecular complexity index is 1990. The number of halogens is 3. The molecule has 5 aromatic rings. The van der Waals surface area contributed by atoms with Crippen molar-refractivity contribution in [3.8, 4) is 17.3 Å². The zero-order valence-electron chi connectivity index (χ0n) is 24.4. The highest BCUT2D eigenvalue weighted by Gasteiger charge is 2.42. The predicted molar refractivity (Wildman–Crippen MR) is 166 cm³/mol. The highest BCUT2D eigenvalue weighted by Crippen LogP contribution is 2.49. The first kappa shape index (κ1) is 28.1. The second-order valence-electron chi connectivity index (χ2n) is 10.4. The first-order valence-electron chi connectivity index (χ1n) is 14.0. The molecule has 12 heteroatoms. The van der Waals surface area contributed by atoms with Gasteiger partial charge >= 0.3 is 6.18 Å². The number of nitrogens with zero attached hydrogens (tertiary/aromatic N) is 6. The van der Waals surface area contributed by atoms with Crippen molar-refractivity contribution in [2.45, 2.75) is 19.1 Å². The molecule has 9 nitrogen and oxygen atoms in total. The number of benzene rings is 3. The molecule has 0 spiro atoms. The van der Waals surface area contributed by atoms with E-state index in [0.29, 0.717) is 34.7 Å². The molecule has 2 aliphatic rings. The van der Waals surface area contributed by atoms with Crippen LogP contribution in [0.5, 0.6) is 11.5 Å². The Labute approximate surface area is 256 Å². The van der Waals surface area contributed by atoms with Gasteiger partial charge < -0.3 is 19.7 Å². The molecule has 0 unspecified atom stereocenters. The SMILES string of the molecule is COc1ccc([C@@H]2c3c(C)nn(-c4ccccn4)c3N=C3C(Nc4cccc(C(F)(F)F)c4)=Nc4ccccc4N32)cc1OC. The van der Waals surface area contributed by atoms with Crippen molar-refractivity contribution in [3.63, 3.8) is 0 Å². The van der Waals surface area contributed by atoms with Crippen LogP contribution in [0.1, 0.15) is 28.4 Å². The molecular weight excluding hydrogens is 583 g/mol. The average molecular weight is 610 g/mol. The molecule has 2 aliphatic heterocycles. The summed E-state index contributed by atoms with van der Waals surface area (Å²) >= 11 is 0. The number of hydrogen-bond donors (Lipinski definition) is 1. The third-order valence-corrected chi connectivity index (χ3v) is 7.68. The van der Waals surface area contributed by atoms with Crippen LogP contribution < -0.4 is 19.7 Å². The number of aliphatic imine (C=N–C) groups is 2. The molecule has 2 aromatic heterocycles. The summed E-state index contributed by atoms with van der Waals surface area (Å²) in [4.78, 5) is 16.5. The second kappa shape index (κ2) is 10.8. The zero-order valence-corrected chi connectivity index (χ0v) is 24.4. The van der Waals surface area contributed by atoms with Gasteiger partial charge in [-0.2, -0.15) is 23.0 Å². The van der Waals surface area contributed by atoms with Crippen LogP contribution in [-0.4, -0.2) is 40.7 Å². The standard InChI is InChI=1S/C33H26F3N7O2/c1-19-28-29(20-14-15-25(44-2)26(17-20)45-3)42-24-12-5-4-11-23(24)39-30(38-22-10-8-9-21(18-22)33(34,35)36)32(42)40-31(28)43(41-19)27-13-6-7-16-37-27/h4-18,29H,1-3H3,(H,38,39)/t29-/m1/s1. The number of hydrogen-bond acceptors (Lipinski definition) is 8. The van der Waals surface area contributed by atoms with Gasteiger partial charge in [-0.15, -0.1) is 0 Å². The number of nitrogens with one attached hydrogen (secondary N) is 1. The molecule has 4 heterocycles. The topological polar surface area (TPSA) is 89.2 Å². The Morgan fingerprint density at radius 2 is 1.64 bits per heavy atom. The molecule has 3 aromatic carbocycles. The van der Waals surface area contributed by atoms with Gasteiger partial charge in [0.25, 0.3) is 0 Å². The van der Waals surface area contributed by atoms with Crippen LogP contribution in [0.2, 0.25) is 0 Å². The Kier molecular flexibility index (Phi) is 6.76. The maximum Gasteiger partial charge on any atom is 0.416 e. The number of rotatable bonds is 5. The Morgan fingerprint density at radius 3 is 2.40 bits per heavy atom. The summed E-state index contributed by atoms with van der Waals surface area (Å²) in [5.41, 5.74) is 3.22. The van der Waals surface area contributed by atoms with Crippen LogP contribution in [-0.2, 0) is 6.18 Å². The lowest BCUT2D eigenvalue weighted by Gasteiger charge is -2.40. The van der Waals surface area contributed by atoms with Crippen LogP contribution in [0.25, 0.3) is 5.82 Å². The Balaban J connectivity index is 1.48. The van der Waals surface area contributed by atoms with E-state index in [4.69, 9.17) is 24.6 Å². The third kappa shape index (κ3) is 4.84. The first-order valence-corrected chi connectivity index (χ1v) is 14.0. The fraction of sp³-hybridized carbons (Fsp3) is 0.152. The summed E-state index contributed by atoms with van der Waals surface area (Å²) in [6, 6.07) is 23.3. The van der Waals surface area contributed by atoms with E-state index in [1.807, 2.05) is 72.5 Å². The summed E-state index contributed by atoms with van der Waals surface area (Å²) in [5.74, 6) is 2.86. The van der Waals surface area contributed by atoms with E-state index >= 15 is 0 Å². The predicted octanol–water partition coefficient (Wildman–Crippen LogP) is 7.41. The summed E-state index contributed by atoms with van der Waals surface area (Å²) in [6.07, 6.45) is -2.83. The number of pyridine rings is 1. The lowest BCUT2D eigenvalue weighted by Crippen LogP contribution is -2.46. The molecule has 7 rings (SSSR count). The normalized spacial score (nSPS) is 15.3. The van der Waals surface area contributed by atoms with E-state index in [1.165, 1.54) is 6.07 Å². The van der Waals surface area contributed by atoms with Gasteiger partial charge in [0.1, 0.15) is 0 Å². The molecule has 1 atom stereocenters. The maximum atomic E-state index is 13.6. The molecular formula is C33H26F3N7O2. The molecule has 45 heavy (non-hydrogen) atoms. The average Bonchev–Trinajstić information content (AvgIpc) is 3.39. The lowest BCUT2D eigenvalue weighted by atomic mass is 9.93. The Hall–Kier alpha value is -5.65. The quantitative estimate of drug-likeness (QED) is 0.223. The molecule has 0 radical (unpaired) electrons. The fourth-order valence-electron chi connectivity index (χ4n) is 5.68. The van der Waals surface area contributed by atoms with Crippen molar-refractivity contribution in [3.05, 3.63) is 114 Å². The summed E-state index contributed by atoms with van der Waals surface area (Å²) in [5, 5.41) is 7.99. The highest BCUT2D eigenvalue weighted by molar-refractivity contribution is 6.51. The van der Waals surface area contributed by atoms with Crippen LogP contribution in [0, 0.1) is 6.92 Å². The molecule has 0 saturated carbocycles. The number of fused-ring (bicyclic) bond motifs is 4. The van der Waals surface area contributed by atoms with Gasteiger partial charge in [-0.1, -0.05) is 30.3 Å². The van der Waals surface area contributed by atoms with Crippen LogP contribution >= 0.6 is 0 Å². The molecule has 0 amide bonds. The van der Waals surface area contributed by atoms with Crippen molar-refractivity contribution in [2.75, 3.05) is 24.4 Å². The van der Waals surface area contributed by atoms with E-state index in [2.05, 4.69) is 10.3 Å². The summed E-state index contributed by atoms with van der Waals surface area (Å²) < 4.78 is 53.7. The molecule has 0 bridgehead atoms. The van der Waals surface area contributed by atoms with Crippen molar-refractivity contribution < 1.29 is 22.6 Å². The van der Waals surface area contributed by atoms with Crippen molar-refractivity contribution in [1.29, 1.82) is 0 Å². The van der Waals surface area contributed by atoms with Crippen molar-refractivity contribution in [2.24, 2.45) is 9.98 Å². The van der Waals surface area contributed by atoms with E-state index in [1.54, 1.807) is 31.2 Å². The number of aromatic nitrogens is 3. The van der Waals surface area contributed by atoms with Crippen LogP contribution in [0.4, 0.5) is 36.1 Å². The minimum atomic E-state index is -4.51. The van der Waals surface area contributed by atoms with Crippen molar-refractivity contribution in [1.82, 2.24) is 14.8 Å². The minimum absolute atomic E-state index is 0.216. The van der Waals surface area contributed by atoms with Gasteiger partial charge in [0.15, 0.2) is 34.8 Å². The van der Waals surface area contributed by atoms with Gasteiger partial charge in [0.05, 0.1) is 42.9 Å². The van der Waals surface area contributed by atoms with Gasteiger partial charge in [-0.25, -0.2) is 15.0 Å². The van der Waals surface area contributed by atoms with Crippen LogP contribution in [0.15, 0.2) is 101 Å². The third-order valence-electron chi connectivity index (χ3n) is 7.68.